The number of nitrogens with zero attached hydrogens (tertiary/aromatic N) is 3. The van der Waals surface area contributed by atoms with Crippen molar-refractivity contribution in [1.82, 2.24) is 9.88 Å². The SMILES string of the molecule is C/C(=C1/S/C(=N/c2cccc(C)n2)N(C)C1=O)c1ccc(O)cc1. The molecule has 0 atom stereocenters. The third kappa shape index (κ3) is 3.19. The number of amidine groups is 1. The maximum Gasteiger partial charge on any atom is 0.266 e. The number of likely N-dealkylation sites (N-methyl/N-ethyl adjacent to an activating group) is 1. The average Bonchev–Trinajstić information content (AvgIpc) is 2.83. The molecule has 1 saturated heterocycles. The number of aliphatic imine (C=N–C) groups is 1. The first-order valence-corrected chi connectivity index (χ1v) is 8.26. The Hall–Kier alpha value is -2.60. The number of pyridine rings is 1. The van der Waals surface area contributed by atoms with Gasteiger partial charge in [-0.3, -0.25) is 9.69 Å². The van der Waals surface area contributed by atoms with E-state index in [9.17, 15) is 9.90 Å². The molecule has 1 aromatic heterocycles. The second kappa shape index (κ2) is 6.49. The molecule has 5 nitrogen and oxygen atoms in total. The van der Waals surface area contributed by atoms with Crippen molar-refractivity contribution in [1.29, 1.82) is 0 Å². The monoisotopic (exact) mass is 339 g/mol. The first kappa shape index (κ1) is 16.3. The van der Waals surface area contributed by atoms with Crippen molar-refractivity contribution in [2.75, 3.05) is 7.05 Å². The molecule has 0 saturated carbocycles. The van der Waals surface area contributed by atoms with Gasteiger partial charge in [0.25, 0.3) is 5.91 Å². The molecule has 122 valence electrons. The van der Waals surface area contributed by atoms with Gasteiger partial charge < -0.3 is 5.11 Å². The number of aromatic nitrogens is 1. The van der Waals surface area contributed by atoms with Crippen LogP contribution in [0.1, 0.15) is 18.2 Å². The van der Waals surface area contributed by atoms with Gasteiger partial charge >= 0.3 is 0 Å². The van der Waals surface area contributed by atoms with Crippen LogP contribution >= 0.6 is 11.8 Å². The van der Waals surface area contributed by atoms with E-state index in [0.717, 1.165) is 16.8 Å². The summed E-state index contributed by atoms with van der Waals surface area (Å²) in [5.74, 6) is 0.699. The number of hydrogen-bond acceptors (Lipinski definition) is 5. The molecule has 1 aliphatic rings. The van der Waals surface area contributed by atoms with Crippen molar-refractivity contribution < 1.29 is 9.90 Å². The minimum atomic E-state index is -0.0861. The average molecular weight is 339 g/mol. The highest BCUT2D eigenvalue weighted by Crippen LogP contribution is 2.36. The molecule has 24 heavy (non-hydrogen) atoms. The van der Waals surface area contributed by atoms with Gasteiger partial charge in [-0.05, 0) is 61.0 Å². The van der Waals surface area contributed by atoms with Gasteiger partial charge in [0.1, 0.15) is 5.75 Å². The number of phenolic OH excluding ortho intramolecular Hbond substituents is 1. The van der Waals surface area contributed by atoms with Crippen molar-refractivity contribution >= 4 is 34.2 Å². The zero-order valence-electron chi connectivity index (χ0n) is 13.6. The first-order chi connectivity index (χ1) is 11.5. The molecule has 1 N–H and O–H groups in total. The molecule has 1 aromatic carbocycles. The normalized spacial score (nSPS) is 18.4. The summed E-state index contributed by atoms with van der Waals surface area (Å²) in [6.07, 6.45) is 0. The highest BCUT2D eigenvalue weighted by atomic mass is 32.2. The van der Waals surface area contributed by atoms with Crippen LogP contribution in [0, 0.1) is 6.92 Å². The van der Waals surface area contributed by atoms with Crippen LogP contribution < -0.4 is 0 Å². The van der Waals surface area contributed by atoms with Crippen LogP contribution in [0.3, 0.4) is 0 Å². The van der Waals surface area contributed by atoms with Gasteiger partial charge in [0.2, 0.25) is 0 Å². The number of aromatic hydroxyl groups is 1. The zero-order chi connectivity index (χ0) is 17.3. The molecule has 1 amide bonds. The molecule has 1 fully saturated rings. The number of rotatable bonds is 2. The van der Waals surface area contributed by atoms with E-state index >= 15 is 0 Å². The molecule has 1 aliphatic heterocycles. The van der Waals surface area contributed by atoms with Crippen LogP contribution in [0.25, 0.3) is 5.57 Å². The summed E-state index contributed by atoms with van der Waals surface area (Å²) < 4.78 is 0. The van der Waals surface area contributed by atoms with Crippen LogP contribution in [0.2, 0.25) is 0 Å². The third-order valence-corrected chi connectivity index (χ3v) is 4.94. The summed E-state index contributed by atoms with van der Waals surface area (Å²) >= 11 is 1.34. The number of thioether (sulfide) groups is 1. The van der Waals surface area contributed by atoms with Crippen molar-refractivity contribution in [2.24, 2.45) is 4.99 Å². The Morgan fingerprint density at radius 1 is 1.21 bits per heavy atom. The molecule has 0 spiro atoms. The van der Waals surface area contributed by atoms with Gasteiger partial charge in [-0.15, -0.1) is 0 Å². The van der Waals surface area contributed by atoms with Crippen LogP contribution in [0.5, 0.6) is 5.75 Å². The number of benzene rings is 1. The molecule has 0 aliphatic carbocycles. The molecular formula is C18H17N3O2S. The standard InChI is InChI=1S/C18H17N3O2S/c1-11-5-4-6-15(19-11)20-18-21(3)17(23)16(24-18)12(2)13-7-9-14(22)10-8-13/h4-10,22H,1-3H3/b16-12-,20-18+. The number of carbonyl (C=O) groups is 1. The molecule has 6 heteroatoms. The molecule has 0 bridgehead atoms. The second-order valence-corrected chi connectivity index (χ2v) is 6.48. The number of hydrogen-bond donors (Lipinski definition) is 1. The summed E-state index contributed by atoms with van der Waals surface area (Å²) in [5, 5.41) is 10.0. The lowest BCUT2D eigenvalue weighted by Crippen LogP contribution is -2.24. The zero-order valence-corrected chi connectivity index (χ0v) is 14.5. The van der Waals surface area contributed by atoms with Crippen molar-refractivity contribution in [2.45, 2.75) is 13.8 Å². The maximum absolute atomic E-state index is 12.6. The third-order valence-electron chi connectivity index (χ3n) is 3.70. The van der Waals surface area contributed by atoms with E-state index in [2.05, 4.69) is 9.98 Å². The van der Waals surface area contributed by atoms with Gasteiger partial charge in [0.05, 0.1) is 4.91 Å². The largest absolute Gasteiger partial charge is 0.508 e. The Morgan fingerprint density at radius 3 is 2.58 bits per heavy atom. The van der Waals surface area contributed by atoms with Gasteiger partial charge in [-0.25, -0.2) is 9.98 Å². The van der Waals surface area contributed by atoms with Crippen LogP contribution in [0.4, 0.5) is 5.82 Å². The fourth-order valence-electron chi connectivity index (χ4n) is 2.31. The maximum atomic E-state index is 12.6. The number of allylic oxidation sites excluding steroid dienone is 1. The molecule has 3 rings (SSSR count). The summed E-state index contributed by atoms with van der Waals surface area (Å²) in [6, 6.07) is 12.4. The highest BCUT2D eigenvalue weighted by molar-refractivity contribution is 8.18. The lowest BCUT2D eigenvalue weighted by Gasteiger charge is -2.07. The predicted octanol–water partition coefficient (Wildman–Crippen LogP) is 3.72. The second-order valence-electron chi connectivity index (χ2n) is 5.50. The van der Waals surface area contributed by atoms with E-state index in [1.807, 2.05) is 32.0 Å². The van der Waals surface area contributed by atoms with Crippen molar-refractivity contribution in [3.8, 4) is 5.75 Å². The number of amides is 1. The Kier molecular flexibility index (Phi) is 4.40. The predicted molar refractivity (Wildman–Crippen MR) is 97.1 cm³/mol. The van der Waals surface area contributed by atoms with E-state index in [4.69, 9.17) is 0 Å². The number of aryl methyl sites for hydroxylation is 1. The van der Waals surface area contributed by atoms with Crippen molar-refractivity contribution in [3.05, 3.63) is 58.6 Å². The molecule has 2 aromatic rings. The van der Waals surface area contributed by atoms with Gasteiger partial charge in [0, 0.05) is 12.7 Å². The Balaban J connectivity index is 1.96. The van der Waals surface area contributed by atoms with E-state index in [-0.39, 0.29) is 11.7 Å². The van der Waals surface area contributed by atoms with Crippen molar-refractivity contribution in [3.63, 3.8) is 0 Å². The number of carbonyl (C=O) groups excluding carboxylic acids is 1. The van der Waals surface area contributed by atoms with Gasteiger partial charge in [-0.1, -0.05) is 18.2 Å². The molecule has 0 radical (unpaired) electrons. The highest BCUT2D eigenvalue weighted by Gasteiger charge is 2.32. The van der Waals surface area contributed by atoms with Crippen LogP contribution in [-0.4, -0.2) is 33.1 Å². The number of phenols is 1. The first-order valence-electron chi connectivity index (χ1n) is 7.44. The van der Waals surface area contributed by atoms with E-state index < -0.39 is 0 Å². The smallest absolute Gasteiger partial charge is 0.266 e. The summed E-state index contributed by atoms with van der Waals surface area (Å²) in [5.41, 5.74) is 2.64. The fraction of sp³-hybridized carbons (Fsp3) is 0.167. The fourth-order valence-corrected chi connectivity index (χ4v) is 3.35. The minimum absolute atomic E-state index is 0.0861. The molecule has 2 heterocycles. The molecular weight excluding hydrogens is 322 g/mol. The minimum Gasteiger partial charge on any atom is -0.508 e. The van der Waals surface area contributed by atoms with Gasteiger partial charge in [-0.2, -0.15) is 0 Å². The molecule has 0 unspecified atom stereocenters. The lowest BCUT2D eigenvalue weighted by atomic mass is 10.1. The summed E-state index contributed by atoms with van der Waals surface area (Å²) in [6.45, 7) is 3.80. The van der Waals surface area contributed by atoms with Gasteiger partial charge in [0.15, 0.2) is 11.0 Å². The lowest BCUT2D eigenvalue weighted by molar-refractivity contribution is -0.121. The van der Waals surface area contributed by atoms with Crippen LogP contribution in [0.15, 0.2) is 52.4 Å². The Labute approximate surface area is 144 Å². The topological polar surface area (TPSA) is 65.8 Å². The Bertz CT molecular complexity index is 857. The Morgan fingerprint density at radius 2 is 1.92 bits per heavy atom. The summed E-state index contributed by atoms with van der Waals surface area (Å²) in [7, 11) is 1.71. The summed E-state index contributed by atoms with van der Waals surface area (Å²) in [4.78, 5) is 23.6. The van der Waals surface area contributed by atoms with E-state index in [1.54, 1.807) is 31.3 Å². The van der Waals surface area contributed by atoms with E-state index in [1.165, 1.54) is 16.7 Å². The van der Waals surface area contributed by atoms with Crippen LogP contribution in [-0.2, 0) is 4.79 Å². The quantitative estimate of drug-likeness (QED) is 0.847. The van der Waals surface area contributed by atoms with E-state index in [0.29, 0.717) is 15.9 Å².